The van der Waals surface area contributed by atoms with E-state index in [2.05, 4.69) is 68.4 Å². The third kappa shape index (κ3) is 8.36. The maximum absolute atomic E-state index is 11.5. The summed E-state index contributed by atoms with van der Waals surface area (Å²) < 4.78 is 1.29. The number of hydrogen-bond acceptors (Lipinski definition) is 4. The Hall–Kier alpha value is -1.81. The van der Waals surface area contributed by atoms with Gasteiger partial charge in [0.25, 0.3) is 0 Å². The number of fused-ring (bicyclic) bond motifs is 1. The van der Waals surface area contributed by atoms with Crippen molar-refractivity contribution in [3.05, 3.63) is 64.9 Å². The molecule has 0 saturated heterocycles. The molecule has 0 spiro atoms. The number of pyridine rings is 1. The van der Waals surface area contributed by atoms with Crippen molar-refractivity contribution >= 4 is 27.2 Å². The van der Waals surface area contributed by atoms with Crippen molar-refractivity contribution < 1.29 is 30.0 Å². The van der Waals surface area contributed by atoms with E-state index >= 15 is 0 Å². The molecule has 0 amide bonds. The number of carbonyl (C=O) groups excluding carboxylic acids is 1. The zero-order valence-corrected chi connectivity index (χ0v) is 26.7. The zero-order chi connectivity index (χ0) is 26.6. The van der Waals surface area contributed by atoms with Gasteiger partial charge in [0.1, 0.15) is 5.76 Å². The van der Waals surface area contributed by atoms with Crippen LogP contribution in [0, 0.1) is 23.8 Å². The second-order valence-electron chi connectivity index (χ2n) is 11.7. The molecule has 3 nitrogen and oxygen atoms in total. The van der Waals surface area contributed by atoms with Crippen LogP contribution in [0.5, 0.6) is 0 Å². The van der Waals surface area contributed by atoms with Crippen LogP contribution in [-0.4, -0.2) is 15.9 Å². The van der Waals surface area contributed by atoms with Gasteiger partial charge in [0.15, 0.2) is 5.78 Å². The first-order chi connectivity index (χ1) is 16.1. The van der Waals surface area contributed by atoms with Crippen LogP contribution in [0.3, 0.4) is 0 Å². The molecule has 0 atom stereocenters. The molecule has 1 aromatic carbocycles. The number of nitrogens with zero attached hydrogens (tertiary/aromatic N) is 1. The maximum atomic E-state index is 11.5. The molecular weight excluding hydrogens is 643 g/mol. The summed E-state index contributed by atoms with van der Waals surface area (Å²) >= 11 is 1.77. The van der Waals surface area contributed by atoms with E-state index in [4.69, 9.17) is 0 Å². The predicted octanol–water partition coefficient (Wildman–Crippen LogP) is 9.24. The average molecular weight is 685 g/mol. The van der Waals surface area contributed by atoms with Gasteiger partial charge in [-0.1, -0.05) is 75.3 Å². The monoisotopic (exact) mass is 685 g/mol. The number of benzene rings is 1. The van der Waals surface area contributed by atoms with E-state index in [9.17, 15) is 9.90 Å². The number of hydrogen-bond donors (Lipinski definition) is 1. The Morgan fingerprint density at radius 2 is 1.64 bits per heavy atom. The first-order valence-corrected chi connectivity index (χ1v) is 13.3. The summed E-state index contributed by atoms with van der Waals surface area (Å²) in [6, 6.07) is 12.3. The maximum Gasteiger partial charge on any atom is 0.164 e. The topological polar surface area (TPSA) is 50.2 Å². The smallest absolute Gasteiger partial charge is 0.164 e. The normalized spacial score (nSPS) is 12.6. The minimum atomic E-state index is -0.417. The van der Waals surface area contributed by atoms with Crippen molar-refractivity contribution in [3.63, 3.8) is 0 Å². The fourth-order valence-corrected chi connectivity index (χ4v) is 4.22. The second kappa shape index (κ2) is 12.6. The van der Waals surface area contributed by atoms with E-state index in [1.165, 1.54) is 27.3 Å². The van der Waals surface area contributed by atoms with Gasteiger partial charge >= 0.3 is 0 Å². The molecule has 199 valence electrons. The van der Waals surface area contributed by atoms with Crippen LogP contribution in [0.2, 0.25) is 0 Å². The SMILES string of the molecule is CC(C)(C)C(=O)/C=C(\O)C(C)(C)C.CCC(C)(CC)c1cc(C)[c-]c(-c2cc3sccc3cn2)c1.[Ir]. The van der Waals surface area contributed by atoms with Crippen molar-refractivity contribution in [2.45, 2.75) is 87.5 Å². The van der Waals surface area contributed by atoms with Crippen LogP contribution in [0.15, 0.2) is 47.7 Å². The number of thiophene rings is 1. The Kier molecular flexibility index (Phi) is 11.3. The Labute approximate surface area is 235 Å². The van der Waals surface area contributed by atoms with E-state index in [-0.39, 0.29) is 42.5 Å². The second-order valence-corrected chi connectivity index (χ2v) is 12.6. The number of aliphatic hydroxyl groups excluding tert-OH is 1. The summed E-state index contributed by atoms with van der Waals surface area (Å²) in [5, 5.41) is 12.9. The average Bonchev–Trinajstić information content (AvgIpc) is 3.25. The largest absolute Gasteiger partial charge is 0.512 e. The van der Waals surface area contributed by atoms with Crippen molar-refractivity contribution in [2.75, 3.05) is 0 Å². The number of aromatic nitrogens is 1. The molecule has 0 bridgehead atoms. The number of rotatable bonds is 5. The van der Waals surface area contributed by atoms with E-state index in [0.717, 1.165) is 24.1 Å². The quantitative estimate of drug-likeness (QED) is 0.166. The minimum Gasteiger partial charge on any atom is -0.512 e. The van der Waals surface area contributed by atoms with Crippen LogP contribution < -0.4 is 0 Å². The van der Waals surface area contributed by atoms with Crippen LogP contribution in [0.4, 0.5) is 0 Å². The van der Waals surface area contributed by atoms with Gasteiger partial charge < -0.3 is 10.1 Å². The Balaban J connectivity index is 0.000000402. The van der Waals surface area contributed by atoms with Crippen molar-refractivity contribution in [3.8, 4) is 11.3 Å². The van der Waals surface area contributed by atoms with Gasteiger partial charge in [0.2, 0.25) is 0 Å². The molecule has 0 saturated carbocycles. The summed E-state index contributed by atoms with van der Waals surface area (Å²) in [5.74, 6) is 0.104. The van der Waals surface area contributed by atoms with Crippen molar-refractivity contribution in [1.29, 1.82) is 0 Å². The van der Waals surface area contributed by atoms with Gasteiger partial charge in [-0.3, -0.25) is 4.79 Å². The Morgan fingerprint density at radius 3 is 2.17 bits per heavy atom. The molecule has 3 rings (SSSR count). The molecule has 0 unspecified atom stereocenters. The fraction of sp³-hybridized carbons (Fsp3) is 0.484. The van der Waals surface area contributed by atoms with E-state index < -0.39 is 5.41 Å². The first kappa shape index (κ1) is 32.2. The molecule has 5 heteroatoms. The molecule has 0 fully saturated rings. The molecule has 36 heavy (non-hydrogen) atoms. The predicted molar refractivity (Wildman–Crippen MR) is 151 cm³/mol. The molecular formula is C31H42IrNO2S-. The number of aryl methyl sites for hydroxylation is 1. The molecule has 0 aliphatic rings. The van der Waals surface area contributed by atoms with E-state index in [1.807, 2.05) is 47.7 Å². The summed E-state index contributed by atoms with van der Waals surface area (Å²) in [4.78, 5) is 16.1. The zero-order valence-electron chi connectivity index (χ0n) is 23.5. The summed E-state index contributed by atoms with van der Waals surface area (Å²) in [6.45, 7) is 20.1. The standard InChI is InChI=1S/C20H22NS.C11H20O2.Ir/c1-5-20(4,6-2)17-10-14(3)9-16(11-17)18-12-19-15(13-21-18)7-8-22-19;1-10(2,3)8(12)7-9(13)11(4,5)6;/h7-8,10-13H,5-6H2,1-4H3;7,12H,1-6H3;/q-1;;/b;8-7-;. The minimum absolute atomic E-state index is 0. The van der Waals surface area contributed by atoms with Crippen molar-refractivity contribution in [1.82, 2.24) is 4.98 Å². The number of ketones is 1. The molecule has 1 radical (unpaired) electrons. The number of carbonyl (C=O) groups is 1. The molecule has 2 heterocycles. The third-order valence-corrected chi connectivity index (χ3v) is 7.53. The van der Waals surface area contributed by atoms with Crippen LogP contribution in [0.1, 0.15) is 86.3 Å². The van der Waals surface area contributed by atoms with Gasteiger partial charge in [-0.2, -0.15) is 0 Å². The molecule has 0 aliphatic carbocycles. The van der Waals surface area contributed by atoms with Crippen molar-refractivity contribution in [2.24, 2.45) is 10.8 Å². The van der Waals surface area contributed by atoms with E-state index in [1.54, 1.807) is 11.3 Å². The Bertz CT molecular complexity index is 1190. The van der Waals surface area contributed by atoms with Crippen LogP contribution >= 0.6 is 11.3 Å². The van der Waals surface area contributed by atoms with Gasteiger partial charge in [-0.25, -0.2) is 0 Å². The number of allylic oxidation sites excluding steroid dienone is 2. The van der Waals surface area contributed by atoms with E-state index in [0.29, 0.717) is 0 Å². The molecule has 2 aromatic heterocycles. The molecule has 3 aromatic rings. The van der Waals surface area contributed by atoms with Gasteiger partial charge in [-0.15, -0.1) is 46.2 Å². The summed E-state index contributed by atoms with van der Waals surface area (Å²) in [5.41, 5.74) is 4.18. The number of aliphatic hydroxyl groups is 1. The van der Waals surface area contributed by atoms with Gasteiger partial charge in [-0.05, 0) is 35.4 Å². The Morgan fingerprint density at radius 1 is 1.03 bits per heavy atom. The fourth-order valence-electron chi connectivity index (χ4n) is 3.42. The third-order valence-electron chi connectivity index (χ3n) is 6.65. The molecule has 1 N–H and O–H groups in total. The molecule has 0 aliphatic heterocycles. The first-order valence-electron chi connectivity index (χ1n) is 12.4. The van der Waals surface area contributed by atoms with Crippen LogP contribution in [-0.2, 0) is 30.3 Å². The van der Waals surface area contributed by atoms with Crippen LogP contribution in [0.25, 0.3) is 21.3 Å². The van der Waals surface area contributed by atoms with Gasteiger partial charge in [0.05, 0.1) is 0 Å². The van der Waals surface area contributed by atoms with Gasteiger partial charge in [0, 0.05) is 53.3 Å². The summed E-state index contributed by atoms with van der Waals surface area (Å²) in [7, 11) is 0. The summed E-state index contributed by atoms with van der Waals surface area (Å²) in [6.07, 6.45) is 5.59.